The number of benzene rings is 2. The highest BCUT2D eigenvalue weighted by Crippen LogP contribution is 2.24. The third-order valence-corrected chi connectivity index (χ3v) is 5.93. The number of likely N-dealkylation sites (tertiary alicyclic amines) is 1. The van der Waals surface area contributed by atoms with Crippen LogP contribution in [-0.4, -0.2) is 48.3 Å². The Kier molecular flexibility index (Phi) is 6.51. The smallest absolute Gasteiger partial charge is 0.306 e. The molecule has 0 unspecified atom stereocenters. The first-order valence-electron chi connectivity index (χ1n) is 9.94. The van der Waals surface area contributed by atoms with Gasteiger partial charge < -0.3 is 14.3 Å². The van der Waals surface area contributed by atoms with Crippen LogP contribution in [0.25, 0.3) is 0 Å². The third-order valence-electron chi connectivity index (χ3n) is 5.93. The van der Waals surface area contributed by atoms with E-state index >= 15 is 0 Å². The van der Waals surface area contributed by atoms with Crippen molar-refractivity contribution in [2.24, 2.45) is 5.92 Å². The van der Waals surface area contributed by atoms with Crippen molar-refractivity contribution in [3.05, 3.63) is 65.7 Å². The maximum atomic E-state index is 11.2. The highest BCUT2D eigenvalue weighted by Gasteiger charge is 2.35. The highest BCUT2D eigenvalue weighted by molar-refractivity contribution is 5.69. The van der Waals surface area contributed by atoms with Crippen LogP contribution in [0.2, 0.25) is 0 Å². The van der Waals surface area contributed by atoms with Crippen molar-refractivity contribution in [2.75, 3.05) is 32.8 Å². The number of carbonyl (C=O) groups is 1. The van der Waals surface area contributed by atoms with Crippen molar-refractivity contribution in [3.63, 3.8) is 0 Å². The molecule has 0 aliphatic carbocycles. The van der Waals surface area contributed by atoms with E-state index in [4.69, 9.17) is 4.74 Å². The van der Waals surface area contributed by atoms with Crippen LogP contribution in [0.4, 0.5) is 0 Å². The van der Waals surface area contributed by atoms with Crippen molar-refractivity contribution in [2.45, 2.75) is 26.2 Å². The molecule has 2 aromatic carbocycles. The number of rotatable bonds is 8. The fourth-order valence-corrected chi connectivity index (χ4v) is 3.95. The van der Waals surface area contributed by atoms with Gasteiger partial charge in [-0.1, -0.05) is 42.5 Å². The lowest BCUT2D eigenvalue weighted by molar-refractivity contribution is -0.931. The molecule has 1 fully saturated rings. The van der Waals surface area contributed by atoms with Gasteiger partial charge in [0.25, 0.3) is 0 Å². The van der Waals surface area contributed by atoms with Crippen LogP contribution < -0.4 is 4.74 Å². The van der Waals surface area contributed by atoms with E-state index < -0.39 is 5.97 Å². The summed E-state index contributed by atoms with van der Waals surface area (Å²) in [5.74, 6) is 0.0955. The Morgan fingerprint density at radius 1 is 1.04 bits per heavy atom. The first-order chi connectivity index (χ1) is 13.1. The van der Waals surface area contributed by atoms with Crippen molar-refractivity contribution in [3.8, 4) is 5.75 Å². The van der Waals surface area contributed by atoms with E-state index in [0.717, 1.165) is 55.7 Å². The number of hydrogen-bond donors (Lipinski definition) is 1. The van der Waals surface area contributed by atoms with Crippen molar-refractivity contribution in [1.82, 2.24) is 0 Å². The Morgan fingerprint density at radius 2 is 1.67 bits per heavy atom. The molecule has 1 aliphatic heterocycles. The van der Waals surface area contributed by atoms with Crippen LogP contribution in [-0.2, 0) is 11.2 Å². The number of carboxylic acid groups (broad SMARTS) is 1. The van der Waals surface area contributed by atoms with E-state index in [9.17, 15) is 9.90 Å². The third kappa shape index (κ3) is 5.33. The second kappa shape index (κ2) is 9.05. The molecular formula is C23H30NO3+. The number of hydrogen-bond acceptors (Lipinski definition) is 2. The molecule has 0 spiro atoms. The van der Waals surface area contributed by atoms with Gasteiger partial charge in [0.2, 0.25) is 0 Å². The summed E-state index contributed by atoms with van der Waals surface area (Å²) in [5.41, 5.74) is 2.59. The number of piperidine rings is 1. The van der Waals surface area contributed by atoms with Gasteiger partial charge in [-0.25, -0.2) is 0 Å². The number of quaternary nitrogens is 1. The fourth-order valence-electron chi connectivity index (χ4n) is 3.95. The number of ether oxygens (including phenoxy) is 1. The molecule has 0 aromatic heterocycles. The predicted octanol–water partition coefficient (Wildman–Crippen LogP) is 3.99. The SMILES string of the molecule is CC[N+]1(CCOc2ccc(Cc3ccccc3)cc2)CCC(C(=O)O)CC1. The van der Waals surface area contributed by atoms with Gasteiger partial charge in [-0.2, -0.15) is 0 Å². The lowest BCUT2D eigenvalue weighted by Gasteiger charge is -2.42. The molecule has 0 radical (unpaired) electrons. The molecule has 144 valence electrons. The maximum Gasteiger partial charge on any atom is 0.306 e. The Morgan fingerprint density at radius 3 is 2.26 bits per heavy atom. The lowest BCUT2D eigenvalue weighted by Crippen LogP contribution is -2.55. The summed E-state index contributed by atoms with van der Waals surface area (Å²) in [6.07, 6.45) is 2.48. The topological polar surface area (TPSA) is 46.5 Å². The van der Waals surface area contributed by atoms with Crippen LogP contribution in [0, 0.1) is 5.92 Å². The van der Waals surface area contributed by atoms with E-state index in [0.29, 0.717) is 6.61 Å². The number of aliphatic carboxylic acids is 1. The van der Waals surface area contributed by atoms with Gasteiger partial charge in [-0.15, -0.1) is 0 Å². The molecule has 1 saturated heterocycles. The predicted molar refractivity (Wildman–Crippen MR) is 107 cm³/mol. The molecule has 0 saturated carbocycles. The average Bonchev–Trinajstić information content (AvgIpc) is 2.70. The average molecular weight is 368 g/mol. The largest absolute Gasteiger partial charge is 0.488 e. The van der Waals surface area contributed by atoms with Gasteiger partial charge in [-0.05, 0) is 36.6 Å². The standard InChI is InChI=1S/C23H29NO3/c1-2-24(14-12-21(13-15-24)23(25)26)16-17-27-22-10-8-20(9-11-22)18-19-6-4-3-5-7-19/h3-11,21H,2,12-18H2,1H3/p+1. The summed E-state index contributed by atoms with van der Waals surface area (Å²) in [7, 11) is 0. The molecule has 2 aromatic rings. The van der Waals surface area contributed by atoms with E-state index in [1.807, 2.05) is 18.2 Å². The van der Waals surface area contributed by atoms with Crippen molar-refractivity contribution < 1.29 is 19.1 Å². The molecule has 4 nitrogen and oxygen atoms in total. The van der Waals surface area contributed by atoms with Gasteiger partial charge >= 0.3 is 5.97 Å². The zero-order valence-electron chi connectivity index (χ0n) is 16.1. The molecule has 0 bridgehead atoms. The van der Waals surface area contributed by atoms with E-state index in [-0.39, 0.29) is 5.92 Å². The van der Waals surface area contributed by atoms with Gasteiger partial charge in [0, 0.05) is 12.8 Å². The second-order valence-electron chi connectivity index (χ2n) is 7.60. The molecule has 0 atom stereocenters. The molecular weight excluding hydrogens is 338 g/mol. The minimum atomic E-state index is -0.643. The Hall–Kier alpha value is -2.33. The van der Waals surface area contributed by atoms with Gasteiger partial charge in [0.1, 0.15) is 18.9 Å². The summed E-state index contributed by atoms with van der Waals surface area (Å²) in [4.78, 5) is 11.2. The second-order valence-corrected chi connectivity index (χ2v) is 7.60. The van der Waals surface area contributed by atoms with E-state index in [1.165, 1.54) is 11.1 Å². The zero-order valence-corrected chi connectivity index (χ0v) is 16.1. The monoisotopic (exact) mass is 368 g/mol. The van der Waals surface area contributed by atoms with E-state index in [1.54, 1.807) is 0 Å². The number of carboxylic acids is 1. The van der Waals surface area contributed by atoms with Gasteiger partial charge in [0.05, 0.1) is 25.6 Å². The van der Waals surface area contributed by atoms with Crippen molar-refractivity contribution >= 4 is 5.97 Å². The summed E-state index contributed by atoms with van der Waals surface area (Å²) < 4.78 is 6.95. The Labute approximate surface area is 162 Å². The Bertz CT molecular complexity index is 719. The first kappa shape index (κ1) is 19.4. The minimum Gasteiger partial charge on any atom is -0.488 e. The summed E-state index contributed by atoms with van der Waals surface area (Å²) >= 11 is 0. The normalized spacial score (nSPS) is 22.3. The number of nitrogens with zero attached hydrogens (tertiary/aromatic N) is 1. The van der Waals surface area contributed by atoms with Crippen LogP contribution in [0.15, 0.2) is 54.6 Å². The quantitative estimate of drug-likeness (QED) is 0.717. The van der Waals surface area contributed by atoms with Crippen LogP contribution in [0.3, 0.4) is 0 Å². The minimum absolute atomic E-state index is 0.166. The molecule has 1 aliphatic rings. The molecule has 1 heterocycles. The highest BCUT2D eigenvalue weighted by atomic mass is 16.5. The molecule has 0 amide bonds. The summed E-state index contributed by atoms with van der Waals surface area (Å²) in [6.45, 7) is 6.71. The summed E-state index contributed by atoms with van der Waals surface area (Å²) in [6, 6.07) is 18.8. The Balaban J connectivity index is 1.47. The molecule has 27 heavy (non-hydrogen) atoms. The van der Waals surface area contributed by atoms with Gasteiger partial charge in [-0.3, -0.25) is 4.79 Å². The molecule has 3 rings (SSSR count). The molecule has 1 N–H and O–H groups in total. The van der Waals surface area contributed by atoms with E-state index in [2.05, 4.69) is 43.3 Å². The maximum absolute atomic E-state index is 11.2. The zero-order chi connectivity index (χ0) is 19.1. The van der Waals surface area contributed by atoms with Crippen LogP contribution in [0.5, 0.6) is 5.75 Å². The molecule has 4 heteroatoms. The van der Waals surface area contributed by atoms with Crippen LogP contribution in [0.1, 0.15) is 30.9 Å². The number of likely N-dealkylation sites (N-methyl/N-ethyl adjacent to an activating group) is 1. The van der Waals surface area contributed by atoms with Crippen LogP contribution >= 0.6 is 0 Å². The lowest BCUT2D eigenvalue weighted by atomic mass is 9.95. The fraction of sp³-hybridized carbons (Fsp3) is 0.435. The van der Waals surface area contributed by atoms with Crippen molar-refractivity contribution in [1.29, 1.82) is 0 Å². The summed E-state index contributed by atoms with van der Waals surface area (Å²) in [5, 5.41) is 9.19. The first-order valence-corrected chi connectivity index (χ1v) is 9.94. The van der Waals surface area contributed by atoms with Gasteiger partial charge in [0.15, 0.2) is 0 Å².